The number of nitrogens with one attached hydrogen (secondary N) is 3. The Morgan fingerprint density at radius 2 is 1.84 bits per heavy atom. The summed E-state index contributed by atoms with van der Waals surface area (Å²) >= 11 is 1.29. The number of hydrogen-bond acceptors (Lipinski definition) is 9. The minimum Gasteiger partial charge on any atom is -0.481 e. The lowest BCUT2D eigenvalue weighted by atomic mass is 9.84. The lowest BCUT2D eigenvalue weighted by molar-refractivity contribution is -0.147. The number of aromatic nitrogens is 1. The predicted octanol–water partition coefficient (Wildman–Crippen LogP) is 7.53. The highest BCUT2D eigenvalue weighted by atomic mass is 32.1. The minimum absolute atomic E-state index is 0.00162. The van der Waals surface area contributed by atoms with Crippen LogP contribution in [0.5, 0.6) is 0 Å². The van der Waals surface area contributed by atoms with Crippen LogP contribution >= 0.6 is 11.3 Å². The van der Waals surface area contributed by atoms with Crippen LogP contribution in [0.3, 0.4) is 0 Å². The van der Waals surface area contributed by atoms with Gasteiger partial charge in [0.05, 0.1) is 17.1 Å². The van der Waals surface area contributed by atoms with Crippen LogP contribution in [0.2, 0.25) is 0 Å². The molecule has 0 unspecified atom stereocenters. The maximum atomic E-state index is 14.8. The van der Waals surface area contributed by atoms with Gasteiger partial charge in [-0.15, -0.1) is 11.3 Å². The van der Waals surface area contributed by atoms with Gasteiger partial charge in [-0.3, -0.25) is 19.2 Å². The number of ether oxygens (including phenoxy) is 1. The smallest absolute Gasteiger partial charge is 0.309 e. The Morgan fingerprint density at radius 1 is 1.12 bits per heavy atom. The van der Waals surface area contributed by atoms with Gasteiger partial charge in [-0.05, 0) is 94.9 Å². The van der Waals surface area contributed by atoms with Crippen LogP contribution in [0.25, 0.3) is 0 Å². The lowest BCUT2D eigenvalue weighted by Gasteiger charge is -2.40. The molecule has 0 bridgehead atoms. The van der Waals surface area contributed by atoms with Crippen molar-refractivity contribution >= 4 is 40.7 Å². The summed E-state index contributed by atoms with van der Waals surface area (Å²) in [6.07, 6.45) is 6.57. The molecule has 1 aromatic heterocycles. The van der Waals surface area contributed by atoms with Crippen LogP contribution in [-0.2, 0) is 25.5 Å². The summed E-state index contributed by atoms with van der Waals surface area (Å²) < 4.78 is 20.7. The fourth-order valence-corrected chi connectivity index (χ4v) is 8.51. The lowest BCUT2D eigenvalue weighted by Crippen LogP contribution is -2.59. The van der Waals surface area contributed by atoms with Crippen LogP contribution in [-0.4, -0.2) is 82.5 Å². The number of nitrogens with two attached hydrogens (primary N) is 1. The summed E-state index contributed by atoms with van der Waals surface area (Å²) in [4.78, 5) is 61.0. The van der Waals surface area contributed by atoms with E-state index in [9.17, 15) is 28.7 Å². The molecule has 1 aliphatic heterocycles. The van der Waals surface area contributed by atoms with Gasteiger partial charge in [0.15, 0.2) is 0 Å². The number of carboxylic acid groups (broad SMARTS) is 1. The molecule has 14 heteroatoms. The molecule has 0 saturated carbocycles. The standard InChI is InChI=1S/C44H71FN6O6S/c1-10-13-14-15-20-51(42(54)38(29(7)11-2)50-39(52)34-21-28(6)18-19-47-34)36(27(4)5)24-37(57-12-3)41-49-35(26-58-41)40(53)48-31(25-44(8,9)43(55)56)22-30-16-17-33(46)32(45)23-30/h16-17,23,26-29,31,34,36-38,47H,10-15,18-22,24-25,46H2,1-9H3,(H,48,53)(H,50,52)(H,55,56)/t28-,29+,31+,34-,36-,37-,38+/m1/s1. The molecule has 3 amide bonds. The van der Waals surface area contributed by atoms with Gasteiger partial charge in [0.1, 0.15) is 28.7 Å². The monoisotopic (exact) mass is 831 g/mol. The molecule has 1 saturated heterocycles. The van der Waals surface area contributed by atoms with Crippen LogP contribution in [0.4, 0.5) is 10.1 Å². The van der Waals surface area contributed by atoms with Gasteiger partial charge in [0.2, 0.25) is 11.8 Å². The molecule has 7 atom stereocenters. The zero-order valence-electron chi connectivity index (χ0n) is 36.4. The molecule has 3 rings (SSSR count). The second-order valence-corrected chi connectivity index (χ2v) is 18.2. The second-order valence-electron chi connectivity index (χ2n) is 17.3. The maximum absolute atomic E-state index is 14.8. The number of rotatable bonds is 24. The fraction of sp³-hybridized carbons (Fsp3) is 0.705. The Hall–Kier alpha value is -3.62. The SMILES string of the molecule is CCCCCCN(C(=O)[C@@H](NC(=O)[C@H]1C[C@H](C)CCN1)[C@@H](C)CC)[C@H](C[C@@H](OCC)c1nc(C(=O)N[C@@H](Cc2ccc(N)c(F)c2)CC(C)(C)C(=O)O)cs1)C(C)C. The Labute approximate surface area is 350 Å². The highest BCUT2D eigenvalue weighted by Crippen LogP contribution is 2.32. The van der Waals surface area contributed by atoms with Crippen molar-refractivity contribution in [2.24, 2.45) is 23.2 Å². The molecule has 6 N–H and O–H groups in total. The summed E-state index contributed by atoms with van der Waals surface area (Å²) in [6, 6.07) is 2.48. The van der Waals surface area contributed by atoms with Gasteiger partial charge in [0.25, 0.3) is 5.91 Å². The molecule has 12 nitrogen and oxygen atoms in total. The van der Waals surface area contributed by atoms with Crippen molar-refractivity contribution in [3.8, 4) is 0 Å². The number of piperidine rings is 1. The van der Waals surface area contributed by atoms with E-state index in [0.29, 0.717) is 36.1 Å². The van der Waals surface area contributed by atoms with Crippen LogP contribution in [0, 0.1) is 29.0 Å². The van der Waals surface area contributed by atoms with E-state index in [1.54, 1.807) is 25.3 Å². The molecule has 58 heavy (non-hydrogen) atoms. The normalized spacial score (nSPS) is 18.5. The first-order valence-corrected chi connectivity index (χ1v) is 22.3. The highest BCUT2D eigenvalue weighted by molar-refractivity contribution is 7.09. The van der Waals surface area contributed by atoms with Crippen molar-refractivity contribution in [1.82, 2.24) is 25.8 Å². The van der Waals surface area contributed by atoms with E-state index < -0.39 is 41.3 Å². The average Bonchev–Trinajstić information content (AvgIpc) is 3.67. The number of aliphatic carboxylic acids is 1. The third-order valence-electron chi connectivity index (χ3n) is 11.5. The van der Waals surface area contributed by atoms with Crippen molar-refractivity contribution in [1.29, 1.82) is 0 Å². The first-order valence-electron chi connectivity index (χ1n) is 21.4. The van der Waals surface area contributed by atoms with Gasteiger partial charge < -0.3 is 36.4 Å². The van der Waals surface area contributed by atoms with Crippen molar-refractivity contribution in [3.63, 3.8) is 0 Å². The summed E-state index contributed by atoms with van der Waals surface area (Å²) in [7, 11) is 0. The molecule has 0 spiro atoms. The third-order valence-corrected chi connectivity index (χ3v) is 12.5. The summed E-state index contributed by atoms with van der Waals surface area (Å²) in [5, 5.41) is 21.6. The van der Waals surface area contributed by atoms with Crippen molar-refractivity contribution in [2.75, 3.05) is 25.4 Å². The number of carboxylic acids is 1. The van der Waals surface area contributed by atoms with Crippen molar-refractivity contribution in [2.45, 2.75) is 157 Å². The topological polar surface area (TPSA) is 176 Å². The Kier molecular flexibility index (Phi) is 19.5. The Morgan fingerprint density at radius 3 is 2.45 bits per heavy atom. The van der Waals surface area contributed by atoms with Crippen LogP contribution in [0.1, 0.15) is 147 Å². The van der Waals surface area contributed by atoms with E-state index in [0.717, 1.165) is 51.5 Å². The number of nitrogens with zero attached hydrogens (tertiary/aromatic N) is 2. The summed E-state index contributed by atoms with van der Waals surface area (Å²) in [5.41, 5.74) is 5.23. The van der Waals surface area contributed by atoms with Gasteiger partial charge >= 0.3 is 5.97 Å². The number of thiazole rings is 1. The molecule has 0 aliphatic carbocycles. The van der Waals surface area contributed by atoms with Crippen molar-refractivity contribution in [3.05, 3.63) is 45.7 Å². The molecule has 0 radical (unpaired) electrons. The first-order chi connectivity index (χ1) is 27.4. The van der Waals surface area contributed by atoms with E-state index in [4.69, 9.17) is 15.5 Å². The number of benzene rings is 1. The number of anilines is 1. The summed E-state index contributed by atoms with van der Waals surface area (Å²) in [6.45, 7) is 19.3. The Bertz CT molecular complexity index is 1640. The quantitative estimate of drug-likeness (QED) is 0.0529. The zero-order valence-corrected chi connectivity index (χ0v) is 37.2. The third kappa shape index (κ3) is 14.3. The molecule has 2 heterocycles. The number of unbranched alkanes of at least 4 members (excludes halogenated alkanes) is 3. The predicted molar refractivity (Wildman–Crippen MR) is 229 cm³/mol. The van der Waals surface area contributed by atoms with E-state index in [1.165, 1.54) is 23.5 Å². The number of halogens is 1. The molecule has 2 aromatic rings. The molecular formula is C44H71FN6O6S. The van der Waals surface area contributed by atoms with Crippen LogP contribution < -0.4 is 21.7 Å². The second kappa shape index (κ2) is 23.2. The van der Waals surface area contributed by atoms with E-state index in [1.807, 2.05) is 25.7 Å². The first kappa shape index (κ1) is 48.7. The van der Waals surface area contributed by atoms with Gasteiger partial charge in [-0.25, -0.2) is 9.37 Å². The largest absolute Gasteiger partial charge is 0.481 e. The van der Waals surface area contributed by atoms with Gasteiger partial charge in [-0.2, -0.15) is 0 Å². The maximum Gasteiger partial charge on any atom is 0.309 e. The van der Waals surface area contributed by atoms with Crippen LogP contribution in [0.15, 0.2) is 23.6 Å². The molecule has 326 valence electrons. The zero-order chi connectivity index (χ0) is 43.2. The van der Waals surface area contributed by atoms with E-state index in [-0.39, 0.29) is 60.0 Å². The number of carbonyl (C=O) groups excluding carboxylic acids is 3. The summed E-state index contributed by atoms with van der Waals surface area (Å²) in [5.74, 6) is -1.94. The number of carbonyl (C=O) groups is 4. The Balaban J connectivity index is 1.91. The van der Waals surface area contributed by atoms with E-state index in [2.05, 4.69) is 43.6 Å². The number of hydrogen-bond donors (Lipinski definition) is 5. The molecular weight excluding hydrogens is 760 g/mol. The molecule has 1 fully saturated rings. The minimum atomic E-state index is -1.18. The fourth-order valence-electron chi connectivity index (χ4n) is 7.65. The molecule has 1 aliphatic rings. The van der Waals surface area contributed by atoms with Gasteiger partial charge in [-0.1, -0.05) is 73.3 Å². The average molecular weight is 831 g/mol. The van der Waals surface area contributed by atoms with Crippen molar-refractivity contribution < 1.29 is 33.4 Å². The van der Waals surface area contributed by atoms with E-state index >= 15 is 0 Å². The van der Waals surface area contributed by atoms with Gasteiger partial charge in [0, 0.05) is 37.0 Å². The number of amides is 3. The molecule has 1 aromatic carbocycles. The number of nitrogen functional groups attached to an aromatic ring is 1. The highest BCUT2D eigenvalue weighted by Gasteiger charge is 2.38.